The Labute approximate surface area is 106 Å². The van der Waals surface area contributed by atoms with Crippen LogP contribution in [0.15, 0.2) is 39.6 Å². The van der Waals surface area contributed by atoms with Crippen LogP contribution >= 0.6 is 27.5 Å². The molecule has 1 aromatic heterocycles. The fourth-order valence-electron chi connectivity index (χ4n) is 1.34. The van der Waals surface area contributed by atoms with Gasteiger partial charge in [0.15, 0.2) is 0 Å². The maximum Gasteiger partial charge on any atom is 0.251 e. The van der Waals surface area contributed by atoms with Crippen molar-refractivity contribution in [1.29, 1.82) is 0 Å². The Hall–Kier alpha value is -1.13. The molecular weight excluding hydrogens is 291 g/mol. The summed E-state index contributed by atoms with van der Waals surface area (Å²) in [6, 6.07) is 9.05. The summed E-state index contributed by atoms with van der Waals surface area (Å²) in [6.45, 7) is 0. The molecule has 5 heteroatoms. The van der Waals surface area contributed by atoms with Crippen LogP contribution in [-0.4, -0.2) is 9.97 Å². The van der Waals surface area contributed by atoms with Gasteiger partial charge in [-0.25, -0.2) is 4.98 Å². The van der Waals surface area contributed by atoms with E-state index >= 15 is 0 Å². The first-order chi connectivity index (χ1) is 7.69. The molecule has 3 nitrogen and oxygen atoms in total. The van der Waals surface area contributed by atoms with Crippen LogP contribution in [-0.2, 0) is 5.88 Å². The van der Waals surface area contributed by atoms with Crippen LogP contribution in [0, 0.1) is 0 Å². The summed E-state index contributed by atoms with van der Waals surface area (Å²) in [7, 11) is 0. The summed E-state index contributed by atoms with van der Waals surface area (Å²) in [5.41, 5.74) is 1.33. The quantitative estimate of drug-likeness (QED) is 0.867. The van der Waals surface area contributed by atoms with Gasteiger partial charge in [-0.05, 0) is 12.1 Å². The second-order valence-corrected chi connectivity index (χ2v) is 4.40. The average molecular weight is 300 g/mol. The van der Waals surface area contributed by atoms with E-state index in [0.717, 1.165) is 10.0 Å². The fourth-order valence-corrected chi connectivity index (χ4v) is 1.73. The predicted molar refractivity (Wildman–Crippen MR) is 67.6 cm³/mol. The Morgan fingerprint density at radius 2 is 2.00 bits per heavy atom. The van der Waals surface area contributed by atoms with Crippen molar-refractivity contribution in [3.05, 3.63) is 51.0 Å². The van der Waals surface area contributed by atoms with Gasteiger partial charge in [-0.1, -0.05) is 28.1 Å². The average Bonchev–Trinajstić information content (AvgIpc) is 2.29. The molecule has 0 fully saturated rings. The number of nitrogens with one attached hydrogen (secondary N) is 1. The summed E-state index contributed by atoms with van der Waals surface area (Å²) in [6.07, 6.45) is 0. The van der Waals surface area contributed by atoms with Crippen LogP contribution in [0.5, 0.6) is 0 Å². The zero-order valence-corrected chi connectivity index (χ0v) is 10.5. The third-order valence-electron chi connectivity index (χ3n) is 2.06. The van der Waals surface area contributed by atoms with Crippen molar-refractivity contribution in [1.82, 2.24) is 9.97 Å². The lowest BCUT2D eigenvalue weighted by atomic mass is 10.1. The lowest BCUT2D eigenvalue weighted by Gasteiger charge is -2.02. The van der Waals surface area contributed by atoms with Crippen LogP contribution < -0.4 is 5.56 Å². The number of nitrogens with zero attached hydrogens (tertiary/aromatic N) is 1. The zero-order valence-electron chi connectivity index (χ0n) is 8.21. The summed E-state index contributed by atoms with van der Waals surface area (Å²) >= 11 is 8.99. The normalized spacial score (nSPS) is 10.4. The third kappa shape index (κ3) is 2.51. The molecule has 0 aliphatic rings. The minimum Gasteiger partial charge on any atom is -0.310 e. The molecule has 0 bridgehead atoms. The molecular formula is C11H8BrClN2O. The maximum atomic E-state index is 11.3. The summed E-state index contributed by atoms with van der Waals surface area (Å²) in [5, 5.41) is 0. The molecule has 0 radical (unpaired) electrons. The van der Waals surface area contributed by atoms with E-state index in [4.69, 9.17) is 11.6 Å². The van der Waals surface area contributed by atoms with Crippen molar-refractivity contribution in [2.24, 2.45) is 0 Å². The van der Waals surface area contributed by atoms with Crippen molar-refractivity contribution in [2.75, 3.05) is 0 Å². The number of aromatic nitrogens is 2. The van der Waals surface area contributed by atoms with Crippen LogP contribution in [0.2, 0.25) is 0 Å². The fraction of sp³-hybridized carbons (Fsp3) is 0.0909. The number of hydrogen-bond donors (Lipinski definition) is 1. The van der Waals surface area contributed by atoms with E-state index in [2.05, 4.69) is 25.9 Å². The molecule has 0 saturated carbocycles. The molecule has 2 rings (SSSR count). The van der Waals surface area contributed by atoms with E-state index in [1.54, 1.807) is 0 Å². The van der Waals surface area contributed by atoms with Gasteiger partial charge in [0.1, 0.15) is 5.82 Å². The van der Waals surface area contributed by atoms with Crippen molar-refractivity contribution in [3.8, 4) is 11.3 Å². The van der Waals surface area contributed by atoms with Gasteiger partial charge >= 0.3 is 0 Å². The number of alkyl halides is 1. The van der Waals surface area contributed by atoms with Gasteiger partial charge in [0.25, 0.3) is 5.56 Å². The first-order valence-corrected chi connectivity index (χ1v) is 5.94. The second-order valence-electron chi connectivity index (χ2n) is 3.22. The van der Waals surface area contributed by atoms with Gasteiger partial charge < -0.3 is 4.98 Å². The zero-order chi connectivity index (χ0) is 11.5. The first kappa shape index (κ1) is 11.4. The van der Waals surface area contributed by atoms with Crippen molar-refractivity contribution in [3.63, 3.8) is 0 Å². The number of benzene rings is 1. The molecule has 16 heavy (non-hydrogen) atoms. The molecule has 0 spiro atoms. The van der Waals surface area contributed by atoms with Gasteiger partial charge in [0, 0.05) is 16.1 Å². The van der Waals surface area contributed by atoms with E-state index in [0.29, 0.717) is 11.5 Å². The highest BCUT2D eigenvalue weighted by Crippen LogP contribution is 2.18. The minimum absolute atomic E-state index is 0.191. The standard InChI is InChI=1S/C11H8BrClN2O/c12-8-3-1-7(2-4-8)9-5-11(16)15-10(6-13)14-9/h1-5H,6H2,(H,14,15,16). The highest BCUT2D eigenvalue weighted by atomic mass is 79.9. The van der Waals surface area contributed by atoms with E-state index in [9.17, 15) is 4.79 Å². The largest absolute Gasteiger partial charge is 0.310 e. The Kier molecular flexibility index (Phi) is 3.41. The number of H-pyrrole nitrogens is 1. The topological polar surface area (TPSA) is 45.8 Å². The molecule has 0 amide bonds. The van der Waals surface area contributed by atoms with Crippen molar-refractivity contribution >= 4 is 27.5 Å². The van der Waals surface area contributed by atoms with E-state index in [-0.39, 0.29) is 11.4 Å². The summed E-state index contributed by atoms with van der Waals surface area (Å²) in [5.74, 6) is 0.673. The molecule has 0 atom stereocenters. The van der Waals surface area contributed by atoms with Gasteiger partial charge in [0.2, 0.25) is 0 Å². The lowest BCUT2D eigenvalue weighted by molar-refractivity contribution is 1.00. The number of aromatic amines is 1. The van der Waals surface area contributed by atoms with Crippen molar-refractivity contribution < 1.29 is 0 Å². The summed E-state index contributed by atoms with van der Waals surface area (Å²) < 4.78 is 0.985. The SMILES string of the molecule is O=c1cc(-c2ccc(Br)cc2)nc(CCl)[nH]1. The monoisotopic (exact) mass is 298 g/mol. The molecule has 0 aliphatic carbocycles. The van der Waals surface area contributed by atoms with Crippen molar-refractivity contribution in [2.45, 2.75) is 5.88 Å². The van der Waals surface area contributed by atoms with Crippen LogP contribution in [0.25, 0.3) is 11.3 Å². The third-order valence-corrected chi connectivity index (χ3v) is 2.84. The van der Waals surface area contributed by atoms with Crippen LogP contribution in [0.3, 0.4) is 0 Å². The van der Waals surface area contributed by atoms with E-state index in [1.807, 2.05) is 24.3 Å². The molecule has 0 unspecified atom stereocenters. The molecule has 82 valence electrons. The van der Waals surface area contributed by atoms with Gasteiger partial charge in [-0.3, -0.25) is 4.79 Å². The molecule has 1 N–H and O–H groups in total. The smallest absolute Gasteiger partial charge is 0.251 e. The summed E-state index contributed by atoms with van der Waals surface area (Å²) in [4.78, 5) is 18.2. The predicted octanol–water partition coefficient (Wildman–Crippen LogP) is 2.94. The Balaban J connectivity index is 2.51. The number of hydrogen-bond acceptors (Lipinski definition) is 2. The lowest BCUT2D eigenvalue weighted by Crippen LogP contribution is -2.09. The second kappa shape index (κ2) is 4.80. The first-order valence-electron chi connectivity index (χ1n) is 4.61. The molecule has 0 aliphatic heterocycles. The molecule has 1 heterocycles. The Bertz CT molecular complexity index is 551. The van der Waals surface area contributed by atoms with Gasteiger partial charge in [0.05, 0.1) is 11.6 Å². The van der Waals surface area contributed by atoms with Gasteiger partial charge in [-0.2, -0.15) is 0 Å². The van der Waals surface area contributed by atoms with E-state index in [1.165, 1.54) is 6.07 Å². The molecule has 0 saturated heterocycles. The van der Waals surface area contributed by atoms with Crippen LogP contribution in [0.4, 0.5) is 0 Å². The highest BCUT2D eigenvalue weighted by Gasteiger charge is 2.03. The highest BCUT2D eigenvalue weighted by molar-refractivity contribution is 9.10. The van der Waals surface area contributed by atoms with Gasteiger partial charge in [-0.15, -0.1) is 11.6 Å². The number of halogens is 2. The van der Waals surface area contributed by atoms with Crippen LogP contribution in [0.1, 0.15) is 5.82 Å². The molecule has 1 aromatic carbocycles. The molecule has 2 aromatic rings. The Morgan fingerprint density at radius 3 is 2.62 bits per heavy atom. The maximum absolute atomic E-state index is 11.3. The Morgan fingerprint density at radius 1 is 1.31 bits per heavy atom. The number of rotatable bonds is 2. The van der Waals surface area contributed by atoms with E-state index < -0.39 is 0 Å². The minimum atomic E-state index is -0.191.